The van der Waals surface area contributed by atoms with Crippen molar-refractivity contribution in [1.29, 1.82) is 0 Å². The molecule has 1 amide bonds. The number of ketones is 1. The number of amides is 1. The molecule has 0 atom stereocenters. The van der Waals surface area contributed by atoms with Gasteiger partial charge in [-0.05, 0) is 12.1 Å². The van der Waals surface area contributed by atoms with Crippen LogP contribution in [0.3, 0.4) is 0 Å². The number of carbonyl (C=O) groups is 2. The van der Waals surface area contributed by atoms with E-state index in [0.29, 0.717) is 0 Å². The number of halogens is 1. The number of carbonyl (C=O) groups excluding carboxylic acids is 2. The average molecular weight is 326 g/mol. The smallest absolute Gasteiger partial charge is 0.282 e. The first kappa shape index (κ1) is 15.1. The number of nitro groups is 1. The maximum absolute atomic E-state index is 12.1. The second-order valence-electron chi connectivity index (χ2n) is 3.97. The Labute approximate surface area is 127 Å². The van der Waals surface area contributed by atoms with Gasteiger partial charge >= 0.3 is 0 Å². The van der Waals surface area contributed by atoms with Crippen LogP contribution in [-0.4, -0.2) is 21.6 Å². The molecule has 0 unspecified atom stereocenters. The van der Waals surface area contributed by atoms with Gasteiger partial charge in [0, 0.05) is 23.4 Å². The maximum atomic E-state index is 12.1. The van der Waals surface area contributed by atoms with Gasteiger partial charge < -0.3 is 0 Å². The predicted molar refractivity (Wildman–Crippen MR) is 78.2 cm³/mol. The number of hydrogen-bond acceptors (Lipinski definition) is 6. The molecule has 2 rings (SSSR count). The number of thiazole rings is 1. The van der Waals surface area contributed by atoms with E-state index >= 15 is 0 Å². The minimum Gasteiger partial charge on any atom is -0.298 e. The molecule has 0 aliphatic heterocycles. The standard InChI is InChI=1S/C12H8ClN3O4S/c1-6(17)9-5-21-12(14-9)15-11(18)8-4-7(13)2-3-10(8)16(19)20/h2-5H,1H3,(H,14,15,18). The molecule has 1 aromatic carbocycles. The van der Waals surface area contributed by atoms with Gasteiger partial charge in [-0.25, -0.2) is 4.98 Å². The lowest BCUT2D eigenvalue weighted by molar-refractivity contribution is -0.385. The normalized spacial score (nSPS) is 10.2. The van der Waals surface area contributed by atoms with E-state index in [1.165, 1.54) is 24.4 Å². The summed E-state index contributed by atoms with van der Waals surface area (Å²) in [5.41, 5.74) is -0.316. The second-order valence-corrected chi connectivity index (χ2v) is 5.26. The lowest BCUT2D eigenvalue weighted by Gasteiger charge is -2.03. The summed E-state index contributed by atoms with van der Waals surface area (Å²) >= 11 is 6.81. The van der Waals surface area contributed by atoms with Crippen LogP contribution in [0.15, 0.2) is 23.6 Å². The second kappa shape index (κ2) is 5.98. The fourth-order valence-corrected chi connectivity index (χ4v) is 2.42. The summed E-state index contributed by atoms with van der Waals surface area (Å²) in [6.45, 7) is 1.35. The lowest BCUT2D eigenvalue weighted by Crippen LogP contribution is -2.14. The van der Waals surface area contributed by atoms with Gasteiger partial charge in [0.15, 0.2) is 10.9 Å². The molecule has 0 saturated heterocycles. The number of aromatic nitrogens is 1. The van der Waals surface area contributed by atoms with Crippen molar-refractivity contribution in [1.82, 2.24) is 4.98 Å². The van der Waals surface area contributed by atoms with E-state index in [9.17, 15) is 19.7 Å². The summed E-state index contributed by atoms with van der Waals surface area (Å²) in [7, 11) is 0. The van der Waals surface area contributed by atoms with Crippen molar-refractivity contribution < 1.29 is 14.5 Å². The van der Waals surface area contributed by atoms with Crippen LogP contribution in [0.5, 0.6) is 0 Å². The van der Waals surface area contributed by atoms with Crippen LogP contribution < -0.4 is 5.32 Å². The van der Waals surface area contributed by atoms with Crippen molar-refractivity contribution in [3.63, 3.8) is 0 Å². The minimum atomic E-state index is -0.714. The minimum absolute atomic E-state index is 0.174. The Hall–Kier alpha value is -2.32. The Kier molecular flexibility index (Phi) is 4.29. The molecular weight excluding hydrogens is 318 g/mol. The summed E-state index contributed by atoms with van der Waals surface area (Å²) < 4.78 is 0. The lowest BCUT2D eigenvalue weighted by atomic mass is 10.1. The third kappa shape index (κ3) is 3.41. The molecule has 1 heterocycles. The summed E-state index contributed by atoms with van der Waals surface area (Å²) in [6, 6.07) is 3.68. The largest absolute Gasteiger partial charge is 0.298 e. The van der Waals surface area contributed by atoms with Crippen LogP contribution in [0.4, 0.5) is 10.8 Å². The third-order valence-corrected chi connectivity index (χ3v) is 3.48. The molecule has 1 N–H and O–H groups in total. The Morgan fingerprint density at radius 1 is 1.43 bits per heavy atom. The number of nitrogens with one attached hydrogen (secondary N) is 1. The number of Topliss-reactive ketones (excluding diaryl/α,β-unsaturated/α-hetero) is 1. The van der Waals surface area contributed by atoms with Gasteiger partial charge in [-0.3, -0.25) is 25.0 Å². The first-order valence-electron chi connectivity index (χ1n) is 5.60. The van der Waals surface area contributed by atoms with E-state index < -0.39 is 10.8 Å². The van der Waals surface area contributed by atoms with Gasteiger partial charge in [-0.15, -0.1) is 11.3 Å². The Morgan fingerprint density at radius 3 is 2.71 bits per heavy atom. The topological polar surface area (TPSA) is 102 Å². The van der Waals surface area contributed by atoms with E-state index in [2.05, 4.69) is 10.3 Å². The Bertz CT molecular complexity index is 744. The summed E-state index contributed by atoms with van der Waals surface area (Å²) in [5, 5.41) is 15.2. The van der Waals surface area contributed by atoms with Gasteiger partial charge in [0.05, 0.1) is 4.92 Å². The Morgan fingerprint density at radius 2 is 2.14 bits per heavy atom. The molecule has 0 spiro atoms. The van der Waals surface area contributed by atoms with Crippen molar-refractivity contribution in [3.8, 4) is 0 Å². The van der Waals surface area contributed by atoms with Crippen LogP contribution in [0, 0.1) is 10.1 Å². The molecule has 0 radical (unpaired) electrons. The summed E-state index contributed by atoms with van der Waals surface area (Å²) in [4.78, 5) is 37.3. The van der Waals surface area contributed by atoms with E-state index in [0.717, 1.165) is 17.4 Å². The van der Waals surface area contributed by atoms with Crippen LogP contribution in [-0.2, 0) is 0 Å². The van der Waals surface area contributed by atoms with Crippen LogP contribution >= 0.6 is 22.9 Å². The van der Waals surface area contributed by atoms with E-state index in [4.69, 9.17) is 11.6 Å². The van der Waals surface area contributed by atoms with Gasteiger partial charge in [-0.1, -0.05) is 11.6 Å². The Balaban J connectivity index is 2.29. The molecule has 2 aromatic rings. The number of hydrogen-bond donors (Lipinski definition) is 1. The zero-order valence-electron chi connectivity index (χ0n) is 10.6. The zero-order valence-corrected chi connectivity index (χ0v) is 12.2. The first-order chi connectivity index (χ1) is 9.88. The van der Waals surface area contributed by atoms with Crippen molar-refractivity contribution in [2.24, 2.45) is 0 Å². The highest BCUT2D eigenvalue weighted by Gasteiger charge is 2.21. The van der Waals surface area contributed by atoms with Crippen LogP contribution in [0.2, 0.25) is 5.02 Å². The number of nitrogens with zero attached hydrogens (tertiary/aromatic N) is 2. The molecule has 108 valence electrons. The highest BCUT2D eigenvalue weighted by atomic mass is 35.5. The number of rotatable bonds is 4. The SMILES string of the molecule is CC(=O)c1csc(NC(=O)c2cc(Cl)ccc2[N+](=O)[O-])n1. The van der Waals surface area contributed by atoms with E-state index in [-0.39, 0.29) is 32.9 Å². The molecule has 0 aliphatic carbocycles. The maximum Gasteiger partial charge on any atom is 0.282 e. The van der Waals surface area contributed by atoms with Crippen molar-refractivity contribution in [3.05, 3.63) is 50.0 Å². The van der Waals surface area contributed by atoms with Gasteiger partial charge in [0.25, 0.3) is 11.6 Å². The van der Waals surface area contributed by atoms with Crippen molar-refractivity contribution in [2.45, 2.75) is 6.92 Å². The number of benzene rings is 1. The predicted octanol–water partition coefficient (Wildman–Crippen LogP) is 3.16. The van der Waals surface area contributed by atoms with E-state index in [1.807, 2.05) is 0 Å². The fourth-order valence-electron chi connectivity index (χ4n) is 1.51. The summed E-state index contributed by atoms with van der Waals surface area (Å²) in [6.07, 6.45) is 0. The number of nitro benzene ring substituents is 1. The van der Waals surface area contributed by atoms with Crippen molar-refractivity contribution >= 4 is 45.4 Å². The molecule has 0 saturated carbocycles. The molecule has 0 fully saturated rings. The fraction of sp³-hybridized carbons (Fsp3) is 0.0833. The molecule has 1 aromatic heterocycles. The van der Waals surface area contributed by atoms with Crippen LogP contribution in [0.1, 0.15) is 27.8 Å². The molecule has 0 aliphatic rings. The molecular formula is C12H8ClN3O4S. The first-order valence-corrected chi connectivity index (χ1v) is 6.86. The monoisotopic (exact) mass is 325 g/mol. The molecule has 7 nitrogen and oxygen atoms in total. The van der Waals surface area contributed by atoms with Crippen LogP contribution in [0.25, 0.3) is 0 Å². The third-order valence-electron chi connectivity index (χ3n) is 2.49. The van der Waals surface area contributed by atoms with Gasteiger partial charge in [-0.2, -0.15) is 0 Å². The van der Waals surface area contributed by atoms with Crippen molar-refractivity contribution in [2.75, 3.05) is 5.32 Å². The van der Waals surface area contributed by atoms with Gasteiger partial charge in [0.2, 0.25) is 0 Å². The molecule has 21 heavy (non-hydrogen) atoms. The summed E-state index contributed by atoms with van der Waals surface area (Å²) in [5.74, 6) is -0.950. The average Bonchev–Trinajstić information content (AvgIpc) is 2.86. The highest BCUT2D eigenvalue weighted by molar-refractivity contribution is 7.14. The van der Waals surface area contributed by atoms with E-state index in [1.54, 1.807) is 0 Å². The highest BCUT2D eigenvalue weighted by Crippen LogP contribution is 2.24. The molecule has 9 heteroatoms. The number of anilines is 1. The zero-order chi connectivity index (χ0) is 15.6. The molecule has 0 bridgehead atoms. The quantitative estimate of drug-likeness (QED) is 0.528. The van der Waals surface area contributed by atoms with Gasteiger partial charge in [0.1, 0.15) is 11.3 Å².